The van der Waals surface area contributed by atoms with Gasteiger partial charge in [0.25, 0.3) is 5.91 Å². The number of methoxy groups -OCH3 is 1. The van der Waals surface area contributed by atoms with E-state index in [1.54, 1.807) is 24.1 Å². The van der Waals surface area contributed by atoms with Gasteiger partial charge < -0.3 is 15.4 Å². The molecule has 104 valence electrons. The van der Waals surface area contributed by atoms with Crippen LogP contribution in [0.5, 0.6) is 0 Å². The fourth-order valence-electron chi connectivity index (χ4n) is 2.21. The second-order valence-corrected chi connectivity index (χ2v) is 5.42. The van der Waals surface area contributed by atoms with E-state index in [0.29, 0.717) is 27.8 Å². The Kier molecular flexibility index (Phi) is 4.55. The number of hydrogen-bond donors (Lipinski definition) is 1. The van der Waals surface area contributed by atoms with Crippen LogP contribution in [-0.4, -0.2) is 37.1 Å². The predicted molar refractivity (Wildman–Crippen MR) is 76.8 cm³/mol. The number of halogens is 2. The van der Waals surface area contributed by atoms with Crippen molar-refractivity contribution < 1.29 is 9.53 Å². The minimum absolute atomic E-state index is 0.0921. The van der Waals surface area contributed by atoms with Crippen LogP contribution in [0.15, 0.2) is 12.1 Å². The Morgan fingerprint density at radius 1 is 1.42 bits per heavy atom. The Bertz CT molecular complexity index is 471. The van der Waals surface area contributed by atoms with Crippen molar-refractivity contribution in [2.45, 2.75) is 18.9 Å². The first-order chi connectivity index (χ1) is 9.02. The van der Waals surface area contributed by atoms with E-state index in [4.69, 9.17) is 33.7 Å². The van der Waals surface area contributed by atoms with Gasteiger partial charge in [0, 0.05) is 25.8 Å². The molecule has 0 saturated carbocycles. The van der Waals surface area contributed by atoms with Crippen molar-refractivity contribution in [1.29, 1.82) is 0 Å². The lowest BCUT2D eigenvalue weighted by atomic mass is 10.1. The molecule has 1 fully saturated rings. The Balaban J connectivity index is 2.19. The van der Waals surface area contributed by atoms with Crippen LogP contribution in [0.1, 0.15) is 23.2 Å². The smallest absolute Gasteiger partial charge is 0.254 e. The largest absolute Gasteiger partial charge is 0.396 e. The van der Waals surface area contributed by atoms with Crippen molar-refractivity contribution in [3.8, 4) is 0 Å². The zero-order valence-electron chi connectivity index (χ0n) is 10.7. The van der Waals surface area contributed by atoms with Crippen LogP contribution in [0, 0.1) is 0 Å². The molecule has 1 aromatic carbocycles. The van der Waals surface area contributed by atoms with E-state index in [1.165, 1.54) is 0 Å². The van der Waals surface area contributed by atoms with E-state index in [9.17, 15) is 4.79 Å². The summed E-state index contributed by atoms with van der Waals surface area (Å²) < 4.78 is 5.31. The summed E-state index contributed by atoms with van der Waals surface area (Å²) in [6, 6.07) is 3.11. The summed E-state index contributed by atoms with van der Waals surface area (Å²) in [5.74, 6) is -0.0921. The number of likely N-dealkylation sites (tertiary alicyclic amines) is 1. The van der Waals surface area contributed by atoms with Crippen LogP contribution in [0.2, 0.25) is 10.0 Å². The minimum Gasteiger partial charge on any atom is -0.396 e. The first kappa shape index (κ1) is 14.4. The van der Waals surface area contributed by atoms with Crippen LogP contribution >= 0.6 is 23.2 Å². The highest BCUT2D eigenvalue weighted by Crippen LogP contribution is 2.29. The third kappa shape index (κ3) is 3.14. The van der Waals surface area contributed by atoms with Crippen molar-refractivity contribution in [2.24, 2.45) is 0 Å². The van der Waals surface area contributed by atoms with Crippen molar-refractivity contribution >= 4 is 34.8 Å². The molecule has 1 saturated heterocycles. The number of nitrogens with zero attached hydrogens (tertiary/aromatic N) is 1. The number of nitrogen functional groups attached to an aromatic ring is 1. The average Bonchev–Trinajstić information content (AvgIpc) is 2.43. The zero-order chi connectivity index (χ0) is 14.0. The van der Waals surface area contributed by atoms with E-state index in [-0.39, 0.29) is 12.0 Å². The predicted octanol–water partition coefficient (Wildman–Crippen LogP) is 2.83. The normalized spacial score (nSPS) is 19.5. The fraction of sp³-hybridized carbons (Fsp3) is 0.462. The summed E-state index contributed by atoms with van der Waals surface area (Å²) in [6.45, 7) is 1.31. The quantitative estimate of drug-likeness (QED) is 0.855. The van der Waals surface area contributed by atoms with Crippen molar-refractivity contribution in [2.75, 3.05) is 25.9 Å². The molecule has 0 radical (unpaired) electrons. The molecule has 1 aromatic rings. The molecular formula is C13H16Cl2N2O2. The molecule has 1 unspecified atom stereocenters. The van der Waals surface area contributed by atoms with Crippen LogP contribution in [0.3, 0.4) is 0 Å². The van der Waals surface area contributed by atoms with Crippen LogP contribution < -0.4 is 5.73 Å². The van der Waals surface area contributed by atoms with Gasteiger partial charge in [0.05, 0.1) is 21.8 Å². The molecule has 0 spiro atoms. The summed E-state index contributed by atoms with van der Waals surface area (Å²) in [5.41, 5.74) is 6.42. The number of benzene rings is 1. The molecular weight excluding hydrogens is 287 g/mol. The number of anilines is 1. The van der Waals surface area contributed by atoms with Crippen molar-refractivity contribution in [3.63, 3.8) is 0 Å². The van der Waals surface area contributed by atoms with Crippen molar-refractivity contribution in [1.82, 2.24) is 4.90 Å². The molecule has 1 aliphatic heterocycles. The fourth-order valence-corrected chi connectivity index (χ4v) is 2.69. The standard InChI is InChI=1S/C13H16Cl2N2O2/c1-19-9-3-2-4-17(7-9)13(18)8-5-10(14)12(16)11(15)6-8/h5-6,9H,2-4,7,16H2,1H3. The minimum atomic E-state index is -0.0921. The molecule has 19 heavy (non-hydrogen) atoms. The number of piperidine rings is 1. The van der Waals surface area contributed by atoms with E-state index in [0.717, 1.165) is 19.4 Å². The van der Waals surface area contributed by atoms with Gasteiger partial charge in [0.2, 0.25) is 0 Å². The van der Waals surface area contributed by atoms with E-state index >= 15 is 0 Å². The second kappa shape index (κ2) is 5.99. The molecule has 2 rings (SSSR count). The van der Waals surface area contributed by atoms with Gasteiger partial charge in [-0.15, -0.1) is 0 Å². The molecule has 4 nitrogen and oxygen atoms in total. The highest BCUT2D eigenvalue weighted by atomic mass is 35.5. The van der Waals surface area contributed by atoms with Gasteiger partial charge in [-0.05, 0) is 25.0 Å². The maximum atomic E-state index is 12.4. The molecule has 0 bridgehead atoms. The zero-order valence-corrected chi connectivity index (χ0v) is 12.2. The van der Waals surface area contributed by atoms with E-state index < -0.39 is 0 Å². The number of ether oxygens (including phenoxy) is 1. The third-order valence-electron chi connectivity index (χ3n) is 3.32. The Labute approximate surface area is 122 Å². The van der Waals surface area contributed by atoms with Crippen LogP contribution in [0.25, 0.3) is 0 Å². The number of amides is 1. The summed E-state index contributed by atoms with van der Waals surface area (Å²) in [6.07, 6.45) is 2.00. The topological polar surface area (TPSA) is 55.6 Å². The molecule has 1 aliphatic rings. The molecule has 0 aromatic heterocycles. The molecule has 6 heteroatoms. The number of nitrogens with two attached hydrogens (primary N) is 1. The first-order valence-electron chi connectivity index (χ1n) is 6.09. The summed E-state index contributed by atoms with van der Waals surface area (Å²) in [7, 11) is 1.66. The summed E-state index contributed by atoms with van der Waals surface area (Å²) in [4.78, 5) is 14.1. The van der Waals surface area contributed by atoms with Gasteiger partial charge in [-0.3, -0.25) is 4.79 Å². The summed E-state index contributed by atoms with van der Waals surface area (Å²) in [5, 5.41) is 0.604. The summed E-state index contributed by atoms with van der Waals surface area (Å²) >= 11 is 11.9. The maximum Gasteiger partial charge on any atom is 0.254 e. The second-order valence-electron chi connectivity index (χ2n) is 4.60. The molecule has 1 heterocycles. The van der Waals surface area contributed by atoms with Gasteiger partial charge in [0.15, 0.2) is 0 Å². The number of carbonyl (C=O) groups excluding carboxylic acids is 1. The SMILES string of the molecule is COC1CCCN(C(=O)c2cc(Cl)c(N)c(Cl)c2)C1. The van der Waals surface area contributed by atoms with Gasteiger partial charge in [-0.2, -0.15) is 0 Å². The van der Waals surface area contributed by atoms with Crippen molar-refractivity contribution in [3.05, 3.63) is 27.7 Å². The third-order valence-corrected chi connectivity index (χ3v) is 3.95. The average molecular weight is 303 g/mol. The van der Waals surface area contributed by atoms with Crippen LogP contribution in [0.4, 0.5) is 5.69 Å². The van der Waals surface area contributed by atoms with Gasteiger partial charge in [-0.1, -0.05) is 23.2 Å². The lowest BCUT2D eigenvalue weighted by Crippen LogP contribution is -2.42. The van der Waals surface area contributed by atoms with E-state index in [2.05, 4.69) is 0 Å². The maximum absolute atomic E-state index is 12.4. The first-order valence-corrected chi connectivity index (χ1v) is 6.85. The molecule has 2 N–H and O–H groups in total. The lowest BCUT2D eigenvalue weighted by molar-refractivity contribution is 0.0269. The van der Waals surface area contributed by atoms with Gasteiger partial charge >= 0.3 is 0 Å². The highest BCUT2D eigenvalue weighted by Gasteiger charge is 2.25. The Hall–Kier alpha value is -0.970. The Morgan fingerprint density at radius 2 is 2.05 bits per heavy atom. The number of rotatable bonds is 2. The number of hydrogen-bond acceptors (Lipinski definition) is 3. The molecule has 1 amide bonds. The highest BCUT2D eigenvalue weighted by molar-refractivity contribution is 6.39. The lowest BCUT2D eigenvalue weighted by Gasteiger charge is -2.32. The molecule has 1 atom stereocenters. The van der Waals surface area contributed by atoms with Gasteiger partial charge in [0.1, 0.15) is 0 Å². The Morgan fingerprint density at radius 3 is 2.63 bits per heavy atom. The number of carbonyl (C=O) groups is 1. The monoisotopic (exact) mass is 302 g/mol. The van der Waals surface area contributed by atoms with Gasteiger partial charge in [-0.25, -0.2) is 0 Å². The van der Waals surface area contributed by atoms with E-state index in [1.807, 2.05) is 0 Å². The molecule has 0 aliphatic carbocycles. The van der Waals surface area contributed by atoms with Crippen LogP contribution in [-0.2, 0) is 4.74 Å².